The van der Waals surface area contributed by atoms with E-state index in [2.05, 4.69) is 27.1 Å². The van der Waals surface area contributed by atoms with E-state index in [4.69, 9.17) is 14.3 Å². The molecule has 4 amide bonds. The van der Waals surface area contributed by atoms with Gasteiger partial charge in [-0.1, -0.05) is 38.1 Å². The van der Waals surface area contributed by atoms with Crippen molar-refractivity contribution in [1.29, 1.82) is 0 Å². The summed E-state index contributed by atoms with van der Waals surface area (Å²) in [6.07, 6.45) is 5.46. The van der Waals surface area contributed by atoms with Crippen molar-refractivity contribution in [3.8, 4) is 16.2 Å². The summed E-state index contributed by atoms with van der Waals surface area (Å²) >= 11 is 1.57. The molecule has 4 fully saturated rings. The van der Waals surface area contributed by atoms with Crippen LogP contribution in [-0.4, -0.2) is 92.1 Å². The maximum Gasteiger partial charge on any atom is 0.408 e. The van der Waals surface area contributed by atoms with Gasteiger partial charge in [-0.2, -0.15) is 0 Å². The number of nitrogens with one attached hydrogen (secondary N) is 3. The van der Waals surface area contributed by atoms with Crippen LogP contribution in [0.25, 0.3) is 10.4 Å². The van der Waals surface area contributed by atoms with E-state index < -0.39 is 68.2 Å². The number of carbonyl (C=O) groups excluding carboxylic acids is 4. The number of amides is 4. The molecular weight excluding hydrogens is 735 g/mol. The van der Waals surface area contributed by atoms with Crippen molar-refractivity contribution >= 4 is 51.4 Å². The number of ether oxygens (including phenoxy) is 2. The number of allylic oxidation sites excluding steroid dienone is 1. The molecule has 0 radical (unpaired) electrons. The molecule has 1 aliphatic heterocycles. The van der Waals surface area contributed by atoms with Crippen LogP contribution in [0.1, 0.15) is 77.7 Å². The van der Waals surface area contributed by atoms with E-state index in [9.17, 15) is 27.6 Å². The van der Waals surface area contributed by atoms with Crippen LogP contribution < -0.4 is 20.1 Å². The summed E-state index contributed by atoms with van der Waals surface area (Å²) < 4.78 is 38.6. The fourth-order valence-corrected chi connectivity index (χ4v) is 9.00. The molecule has 14 nitrogen and oxygen atoms in total. The van der Waals surface area contributed by atoms with Gasteiger partial charge in [0.1, 0.15) is 35.6 Å². The average Bonchev–Trinajstić information content (AvgIpc) is 3.96. The van der Waals surface area contributed by atoms with Crippen molar-refractivity contribution in [1.82, 2.24) is 20.3 Å². The van der Waals surface area contributed by atoms with Crippen molar-refractivity contribution in [3.05, 3.63) is 53.9 Å². The molecule has 2 aromatic rings. The average molecular weight is 784 g/mol. The van der Waals surface area contributed by atoms with E-state index in [1.807, 2.05) is 35.7 Å². The standard InChI is InChI=1S/C38H49N5O9S2/c1-6-9-24-20-38(24,35(46)42-54(48,49)28-14-15-28)41-33(44)30-19-27(52-39-21-23-18-26(50-5)13-16-29(23)31-12-8-17-53-31)22-43(30)34(45)32(37(2,3)4)40-36(47)51-25-10-7-11-25/h6,8,12-13,16-18,21,24-25,27-28,30,32H,1,7,9-11,14-15,19-20,22H2,2-5H3,(H,40,47)(H,41,44)(H,42,46)/b39-21+/t24-,27-,30+,32-,38-/m1/s1. The predicted octanol–water partition coefficient (Wildman–Crippen LogP) is 4.50. The van der Waals surface area contributed by atoms with Gasteiger partial charge in [0.2, 0.25) is 21.8 Å². The van der Waals surface area contributed by atoms with Gasteiger partial charge in [0.15, 0.2) is 0 Å². The minimum atomic E-state index is -3.89. The van der Waals surface area contributed by atoms with Crippen molar-refractivity contribution in [2.75, 3.05) is 13.7 Å². The summed E-state index contributed by atoms with van der Waals surface area (Å²) in [6.45, 7) is 9.09. The Morgan fingerprint density at radius 3 is 2.50 bits per heavy atom. The number of thiophene rings is 1. The number of hydrogen-bond acceptors (Lipinski definition) is 11. The lowest BCUT2D eigenvalue weighted by Crippen LogP contribution is -2.60. The molecule has 3 aliphatic carbocycles. The molecule has 54 heavy (non-hydrogen) atoms. The number of carbonyl (C=O) groups is 4. The SMILES string of the molecule is C=CC[C@@H]1C[C@]1(NC(=O)[C@@H]1C[C@@H](O/N=C/c2cc(OC)ccc2-c2cccs2)CN1C(=O)[C@@H](NC(=O)OC1CCC1)C(C)(C)C)C(=O)NS(=O)(=O)C1CC1. The number of hydrogen-bond donors (Lipinski definition) is 3. The number of benzene rings is 1. The normalized spacial score (nSPS) is 24.6. The highest BCUT2D eigenvalue weighted by molar-refractivity contribution is 7.91. The van der Waals surface area contributed by atoms with Crippen molar-refractivity contribution < 1.29 is 41.9 Å². The Balaban J connectivity index is 1.25. The van der Waals surface area contributed by atoms with Crippen LogP contribution in [0.3, 0.4) is 0 Å². The van der Waals surface area contributed by atoms with Crippen LogP contribution in [0, 0.1) is 11.3 Å². The third-order valence-corrected chi connectivity index (χ3v) is 13.2. The minimum Gasteiger partial charge on any atom is -0.497 e. The van der Waals surface area contributed by atoms with Crippen molar-refractivity contribution in [2.45, 2.75) is 107 Å². The molecule has 1 aromatic heterocycles. The molecule has 1 aromatic carbocycles. The summed E-state index contributed by atoms with van der Waals surface area (Å²) in [5, 5.41) is 11.2. The third-order valence-electron chi connectivity index (χ3n) is 10.5. The molecule has 3 saturated carbocycles. The molecule has 0 unspecified atom stereocenters. The molecule has 0 bridgehead atoms. The first-order valence-electron chi connectivity index (χ1n) is 18.3. The Morgan fingerprint density at radius 1 is 1.13 bits per heavy atom. The zero-order chi connectivity index (χ0) is 38.8. The van der Waals surface area contributed by atoms with Gasteiger partial charge >= 0.3 is 6.09 Å². The number of methoxy groups -OCH3 is 1. The number of rotatable bonds is 15. The molecule has 5 atom stereocenters. The molecule has 3 N–H and O–H groups in total. The van der Waals surface area contributed by atoms with E-state index in [1.54, 1.807) is 51.5 Å². The monoisotopic (exact) mass is 783 g/mol. The lowest BCUT2D eigenvalue weighted by Gasteiger charge is -2.36. The molecular formula is C38H49N5O9S2. The van der Waals surface area contributed by atoms with Crippen LogP contribution in [0.2, 0.25) is 0 Å². The highest BCUT2D eigenvalue weighted by Gasteiger charge is 2.62. The van der Waals surface area contributed by atoms with E-state index >= 15 is 0 Å². The van der Waals surface area contributed by atoms with Gasteiger partial charge < -0.3 is 29.8 Å². The Hall–Kier alpha value is -4.44. The van der Waals surface area contributed by atoms with Gasteiger partial charge in [-0.05, 0) is 85.9 Å². The van der Waals surface area contributed by atoms with E-state index in [0.717, 1.165) is 35.3 Å². The quantitative estimate of drug-likeness (QED) is 0.133. The van der Waals surface area contributed by atoms with Gasteiger partial charge in [0.05, 0.1) is 25.1 Å². The molecule has 6 rings (SSSR count). The molecule has 16 heteroatoms. The number of nitrogens with zero attached hydrogens (tertiary/aromatic N) is 2. The Labute approximate surface area is 320 Å². The van der Waals surface area contributed by atoms with Gasteiger partial charge in [-0.25, -0.2) is 13.2 Å². The van der Waals surface area contributed by atoms with E-state index in [0.29, 0.717) is 25.0 Å². The fraction of sp³-hybridized carbons (Fsp3) is 0.553. The smallest absolute Gasteiger partial charge is 0.408 e. The summed E-state index contributed by atoms with van der Waals surface area (Å²) in [5.74, 6) is -1.76. The first-order valence-corrected chi connectivity index (χ1v) is 20.8. The van der Waals surface area contributed by atoms with Crippen LogP contribution in [0.5, 0.6) is 5.75 Å². The van der Waals surface area contributed by atoms with Gasteiger partial charge in [-0.15, -0.1) is 17.9 Å². The number of sulfonamides is 1. The molecule has 292 valence electrons. The summed E-state index contributed by atoms with van der Waals surface area (Å²) in [4.78, 5) is 63.5. The largest absolute Gasteiger partial charge is 0.497 e. The number of likely N-dealkylation sites (tertiary alicyclic amines) is 1. The van der Waals surface area contributed by atoms with Crippen LogP contribution >= 0.6 is 11.3 Å². The van der Waals surface area contributed by atoms with E-state index in [-0.39, 0.29) is 31.4 Å². The topological polar surface area (TPSA) is 182 Å². The minimum absolute atomic E-state index is 0.0123. The van der Waals surface area contributed by atoms with Crippen LogP contribution in [-0.2, 0) is 34.0 Å². The summed E-state index contributed by atoms with van der Waals surface area (Å²) in [7, 11) is -2.32. The summed E-state index contributed by atoms with van der Waals surface area (Å²) in [5.41, 5.74) is -0.646. The first-order chi connectivity index (χ1) is 25.6. The molecule has 1 saturated heterocycles. The predicted molar refractivity (Wildman–Crippen MR) is 203 cm³/mol. The van der Waals surface area contributed by atoms with Crippen LogP contribution in [0.15, 0.2) is 53.5 Å². The maximum absolute atomic E-state index is 14.4. The molecule has 2 heterocycles. The number of oxime groups is 1. The van der Waals surface area contributed by atoms with Crippen molar-refractivity contribution in [2.24, 2.45) is 16.5 Å². The third kappa shape index (κ3) is 8.75. The second-order valence-electron chi connectivity index (χ2n) is 15.6. The van der Waals surface area contributed by atoms with Gasteiger partial charge in [-0.3, -0.25) is 19.1 Å². The van der Waals surface area contributed by atoms with E-state index in [1.165, 1.54) is 4.90 Å². The zero-order valence-electron chi connectivity index (χ0n) is 31.0. The highest BCUT2D eigenvalue weighted by atomic mass is 32.2. The van der Waals surface area contributed by atoms with Crippen molar-refractivity contribution in [3.63, 3.8) is 0 Å². The molecule has 0 spiro atoms. The van der Waals surface area contributed by atoms with Gasteiger partial charge in [0.25, 0.3) is 5.91 Å². The highest BCUT2D eigenvalue weighted by Crippen LogP contribution is 2.47. The zero-order valence-corrected chi connectivity index (χ0v) is 32.7. The Bertz CT molecular complexity index is 1890. The maximum atomic E-state index is 14.4. The number of alkyl carbamates (subject to hydrolysis) is 1. The summed E-state index contributed by atoms with van der Waals surface area (Å²) in [6, 6.07) is 7.33. The Kier molecular flexibility index (Phi) is 11.4. The lowest BCUT2D eigenvalue weighted by atomic mass is 9.85. The molecule has 4 aliphatic rings. The second kappa shape index (κ2) is 15.7. The van der Waals surface area contributed by atoms with Gasteiger partial charge in [0, 0.05) is 22.4 Å². The fourth-order valence-electron chi connectivity index (χ4n) is 6.86. The Morgan fingerprint density at radius 2 is 1.89 bits per heavy atom. The first kappa shape index (κ1) is 39.3. The van der Waals surface area contributed by atoms with Crippen LogP contribution in [0.4, 0.5) is 4.79 Å². The second-order valence-corrected chi connectivity index (χ2v) is 18.5. The lowest BCUT2D eigenvalue weighted by molar-refractivity contribution is -0.143.